The van der Waals surface area contributed by atoms with Crippen LogP contribution in [-0.4, -0.2) is 22.1 Å². The molecule has 1 N–H and O–H groups in total. The molecule has 2 aromatic heterocycles. The lowest BCUT2D eigenvalue weighted by Gasteiger charge is -2.13. The average Bonchev–Trinajstić information content (AvgIpc) is 3.14. The number of hydrogen-bond donors (Lipinski definition) is 1. The zero-order valence-corrected chi connectivity index (χ0v) is 17.0. The van der Waals surface area contributed by atoms with Gasteiger partial charge in [0.25, 0.3) is 0 Å². The normalized spacial score (nSPS) is 11.0. The molecule has 28 heavy (non-hydrogen) atoms. The Labute approximate surface area is 168 Å². The van der Waals surface area contributed by atoms with Crippen molar-refractivity contribution in [3.8, 4) is 5.75 Å². The summed E-state index contributed by atoms with van der Waals surface area (Å²) in [5, 5.41) is 4.45. The monoisotopic (exact) mass is 390 g/mol. The van der Waals surface area contributed by atoms with E-state index in [-0.39, 0.29) is 0 Å². The summed E-state index contributed by atoms with van der Waals surface area (Å²) in [5.41, 5.74) is 5.37. The van der Waals surface area contributed by atoms with Crippen LogP contribution in [0.3, 0.4) is 0 Å². The van der Waals surface area contributed by atoms with Gasteiger partial charge in [-0.2, -0.15) is 0 Å². The number of rotatable bonds is 6. The Bertz CT molecular complexity index is 1110. The van der Waals surface area contributed by atoms with Crippen LogP contribution < -0.4 is 10.1 Å². The molecule has 0 amide bonds. The van der Waals surface area contributed by atoms with Crippen LogP contribution in [0.2, 0.25) is 0 Å². The lowest BCUT2D eigenvalue weighted by Crippen LogP contribution is -1.99. The van der Waals surface area contributed by atoms with Gasteiger partial charge in [-0.3, -0.25) is 0 Å². The molecular weight excluding hydrogens is 368 g/mol. The molecule has 4 rings (SSSR count). The average molecular weight is 391 g/mol. The van der Waals surface area contributed by atoms with Gasteiger partial charge in [0, 0.05) is 6.42 Å². The van der Waals surface area contributed by atoms with Crippen molar-refractivity contribution in [1.82, 2.24) is 15.0 Å². The summed E-state index contributed by atoms with van der Waals surface area (Å²) in [4.78, 5) is 14.5. The van der Waals surface area contributed by atoms with E-state index in [0.29, 0.717) is 5.82 Å². The fraction of sp³-hybridized carbons (Fsp3) is 0.227. The lowest BCUT2D eigenvalue weighted by molar-refractivity contribution is 0.416. The number of nitrogens with one attached hydrogen (secondary N) is 1. The zero-order valence-electron chi connectivity index (χ0n) is 16.2. The Hall–Kier alpha value is -2.99. The van der Waals surface area contributed by atoms with E-state index in [1.54, 1.807) is 24.8 Å². The first kappa shape index (κ1) is 18.4. The van der Waals surface area contributed by atoms with E-state index >= 15 is 0 Å². The molecule has 5 nitrogen and oxygen atoms in total. The third-order valence-corrected chi connectivity index (χ3v) is 5.80. The number of nitrogens with zero attached hydrogens (tertiary/aromatic N) is 3. The van der Waals surface area contributed by atoms with Gasteiger partial charge in [0.15, 0.2) is 5.82 Å². The highest BCUT2D eigenvalue weighted by Crippen LogP contribution is 2.33. The minimum Gasteiger partial charge on any atom is -0.495 e. The van der Waals surface area contributed by atoms with E-state index in [1.165, 1.54) is 16.7 Å². The summed E-state index contributed by atoms with van der Waals surface area (Å²) < 4.78 is 5.53. The number of fused-ring (bicyclic) bond motifs is 1. The van der Waals surface area contributed by atoms with Gasteiger partial charge in [-0.05, 0) is 49.1 Å². The van der Waals surface area contributed by atoms with E-state index in [9.17, 15) is 0 Å². The molecule has 0 atom stereocenters. The molecule has 2 aromatic carbocycles. The van der Waals surface area contributed by atoms with Crippen molar-refractivity contribution in [3.63, 3.8) is 0 Å². The zero-order chi connectivity index (χ0) is 19.5. The molecule has 0 aliphatic heterocycles. The standard InChI is InChI=1S/C22H22N4OS/c1-14-11-17(18(27-3)12-15(14)2)25-21-20-22(24-13-23-21)28-19(26-20)10-9-16-7-5-4-6-8-16/h4-8,11-13H,9-10H2,1-3H3,(H,23,24,25). The highest BCUT2D eigenvalue weighted by Gasteiger charge is 2.13. The van der Waals surface area contributed by atoms with Gasteiger partial charge in [-0.15, -0.1) is 0 Å². The fourth-order valence-electron chi connectivity index (χ4n) is 3.08. The molecule has 0 radical (unpaired) electrons. The first-order chi connectivity index (χ1) is 13.6. The van der Waals surface area contributed by atoms with Gasteiger partial charge in [-0.25, -0.2) is 15.0 Å². The summed E-state index contributed by atoms with van der Waals surface area (Å²) in [6, 6.07) is 14.6. The summed E-state index contributed by atoms with van der Waals surface area (Å²) in [6.07, 6.45) is 3.43. The van der Waals surface area contributed by atoms with Crippen molar-refractivity contribution in [3.05, 3.63) is 70.5 Å². The molecule has 142 valence electrons. The van der Waals surface area contributed by atoms with Crippen LogP contribution in [0.15, 0.2) is 48.8 Å². The second kappa shape index (κ2) is 7.94. The molecule has 0 spiro atoms. The highest BCUT2D eigenvalue weighted by atomic mass is 32.1. The van der Waals surface area contributed by atoms with Crippen LogP contribution in [0.25, 0.3) is 10.3 Å². The maximum Gasteiger partial charge on any atom is 0.161 e. The van der Waals surface area contributed by atoms with E-state index in [2.05, 4.69) is 59.5 Å². The second-order valence-corrected chi connectivity index (χ2v) is 7.79. The van der Waals surface area contributed by atoms with Crippen molar-refractivity contribution in [2.24, 2.45) is 0 Å². The maximum atomic E-state index is 5.53. The lowest BCUT2D eigenvalue weighted by atomic mass is 10.1. The van der Waals surface area contributed by atoms with Crippen molar-refractivity contribution < 1.29 is 4.74 Å². The van der Waals surface area contributed by atoms with Gasteiger partial charge in [0.2, 0.25) is 0 Å². The molecule has 0 aliphatic rings. The number of hydrogen-bond acceptors (Lipinski definition) is 6. The molecule has 6 heteroatoms. The molecule has 4 aromatic rings. The summed E-state index contributed by atoms with van der Waals surface area (Å²) in [7, 11) is 1.68. The molecule has 0 bridgehead atoms. The quantitative estimate of drug-likeness (QED) is 0.488. The molecule has 0 saturated carbocycles. The Morgan fingerprint density at radius 3 is 2.57 bits per heavy atom. The van der Waals surface area contributed by atoms with Crippen LogP contribution in [0.4, 0.5) is 11.5 Å². The Morgan fingerprint density at radius 2 is 1.79 bits per heavy atom. The molecule has 0 fully saturated rings. The smallest absolute Gasteiger partial charge is 0.161 e. The first-order valence-electron chi connectivity index (χ1n) is 9.20. The van der Waals surface area contributed by atoms with Gasteiger partial charge >= 0.3 is 0 Å². The summed E-state index contributed by atoms with van der Waals surface area (Å²) in [5.74, 6) is 1.49. The Balaban J connectivity index is 1.62. The predicted molar refractivity (Wildman–Crippen MR) is 115 cm³/mol. The van der Waals surface area contributed by atoms with Crippen molar-refractivity contribution >= 4 is 33.2 Å². The highest BCUT2D eigenvalue weighted by molar-refractivity contribution is 7.18. The van der Waals surface area contributed by atoms with E-state index in [0.717, 1.165) is 39.6 Å². The van der Waals surface area contributed by atoms with Gasteiger partial charge in [0.05, 0.1) is 17.8 Å². The number of ether oxygens (including phenoxy) is 1. The number of thiazole rings is 1. The number of anilines is 2. The fourth-order valence-corrected chi connectivity index (χ4v) is 3.98. The summed E-state index contributed by atoms with van der Waals surface area (Å²) in [6.45, 7) is 4.16. The molecule has 2 heterocycles. The van der Waals surface area contributed by atoms with Crippen LogP contribution in [0.5, 0.6) is 5.75 Å². The van der Waals surface area contributed by atoms with Crippen molar-refractivity contribution in [2.75, 3.05) is 12.4 Å². The number of aryl methyl sites for hydroxylation is 4. The first-order valence-corrected chi connectivity index (χ1v) is 10.0. The molecule has 0 aliphatic carbocycles. The Morgan fingerprint density at radius 1 is 1.00 bits per heavy atom. The molecular formula is C22H22N4OS. The van der Waals surface area contributed by atoms with Gasteiger partial charge in [0.1, 0.15) is 22.4 Å². The van der Waals surface area contributed by atoms with E-state index in [4.69, 9.17) is 9.72 Å². The molecule has 0 unspecified atom stereocenters. The van der Waals surface area contributed by atoms with E-state index in [1.807, 2.05) is 12.1 Å². The van der Waals surface area contributed by atoms with Gasteiger partial charge in [-0.1, -0.05) is 41.7 Å². The minimum absolute atomic E-state index is 0.703. The largest absolute Gasteiger partial charge is 0.495 e. The van der Waals surface area contributed by atoms with Gasteiger partial charge < -0.3 is 10.1 Å². The Kier molecular flexibility index (Phi) is 5.21. The van der Waals surface area contributed by atoms with Crippen LogP contribution >= 0.6 is 11.3 Å². The predicted octanol–water partition coefficient (Wildman–Crippen LogP) is 5.24. The number of aromatic nitrogens is 3. The topological polar surface area (TPSA) is 59.9 Å². The summed E-state index contributed by atoms with van der Waals surface area (Å²) >= 11 is 1.62. The van der Waals surface area contributed by atoms with Crippen LogP contribution in [0, 0.1) is 13.8 Å². The molecule has 0 saturated heterocycles. The SMILES string of the molecule is COc1cc(C)c(C)cc1Nc1ncnc2sc(CCc3ccccc3)nc12. The second-order valence-electron chi connectivity index (χ2n) is 6.73. The van der Waals surface area contributed by atoms with Crippen LogP contribution in [-0.2, 0) is 12.8 Å². The third-order valence-electron chi connectivity index (χ3n) is 4.78. The number of methoxy groups -OCH3 is 1. The van der Waals surface area contributed by atoms with E-state index < -0.39 is 0 Å². The van der Waals surface area contributed by atoms with Crippen molar-refractivity contribution in [2.45, 2.75) is 26.7 Å². The van der Waals surface area contributed by atoms with Crippen LogP contribution in [0.1, 0.15) is 21.7 Å². The minimum atomic E-state index is 0.703. The maximum absolute atomic E-state index is 5.53. The number of benzene rings is 2. The third kappa shape index (κ3) is 3.82. The van der Waals surface area contributed by atoms with Crippen molar-refractivity contribution in [1.29, 1.82) is 0 Å².